The van der Waals surface area contributed by atoms with Crippen molar-refractivity contribution in [1.82, 2.24) is 4.90 Å². The molecule has 0 unspecified atom stereocenters. The quantitative estimate of drug-likeness (QED) is 0.779. The monoisotopic (exact) mass is 279 g/mol. The minimum atomic E-state index is -0.0944. The Balaban J connectivity index is 1.73. The van der Waals surface area contributed by atoms with E-state index in [-0.39, 0.29) is 5.60 Å². The highest BCUT2D eigenvalue weighted by Gasteiger charge is 2.36. The van der Waals surface area contributed by atoms with Crippen LogP contribution >= 0.6 is 0 Å². The summed E-state index contributed by atoms with van der Waals surface area (Å²) in [6, 6.07) is 12.9. The topological polar surface area (TPSA) is 12.5 Å². The third-order valence-corrected chi connectivity index (χ3v) is 4.93. The van der Waals surface area contributed by atoms with Crippen LogP contribution in [-0.2, 0) is 0 Å². The van der Waals surface area contributed by atoms with Crippen molar-refractivity contribution in [3.8, 4) is 5.75 Å². The first-order chi connectivity index (χ1) is 10.3. The van der Waals surface area contributed by atoms with Gasteiger partial charge in [0.1, 0.15) is 11.4 Å². The maximum absolute atomic E-state index is 6.55. The van der Waals surface area contributed by atoms with Crippen LogP contribution in [0.4, 0.5) is 0 Å². The highest BCUT2D eigenvalue weighted by molar-refractivity contribution is 5.92. The molecule has 2 aromatic carbocycles. The number of likely N-dealkylation sites (tertiary alicyclic amines) is 1. The van der Waals surface area contributed by atoms with Gasteiger partial charge in [0.2, 0.25) is 0 Å². The van der Waals surface area contributed by atoms with Gasteiger partial charge in [-0.25, -0.2) is 0 Å². The molecule has 0 radical (unpaired) electrons. The molecule has 0 aliphatic carbocycles. The standard InChI is InChI=1S/C19H21NO/c1-2-20-13-11-19(12-14-20)10-9-16-8-7-15-5-3-4-6-17(15)18(16)21-19/h3-10H,2,11-14H2,1H3. The van der Waals surface area contributed by atoms with Gasteiger partial charge in [0.25, 0.3) is 0 Å². The van der Waals surface area contributed by atoms with Crippen LogP contribution in [-0.4, -0.2) is 30.1 Å². The maximum Gasteiger partial charge on any atom is 0.135 e. The molecule has 0 bridgehead atoms. The van der Waals surface area contributed by atoms with E-state index in [1.807, 2.05) is 0 Å². The second-order valence-corrected chi connectivity index (χ2v) is 6.14. The first-order valence-corrected chi connectivity index (χ1v) is 7.92. The zero-order chi connectivity index (χ0) is 14.3. The SMILES string of the molecule is CCN1CCC2(C=Cc3ccc4ccccc4c3O2)CC1. The van der Waals surface area contributed by atoms with Crippen LogP contribution in [0.2, 0.25) is 0 Å². The Hall–Kier alpha value is -1.80. The molecular formula is C19H21NO. The number of hydrogen-bond donors (Lipinski definition) is 0. The summed E-state index contributed by atoms with van der Waals surface area (Å²) < 4.78 is 6.55. The Morgan fingerprint density at radius 3 is 2.71 bits per heavy atom. The molecule has 2 heteroatoms. The van der Waals surface area contributed by atoms with E-state index >= 15 is 0 Å². The molecule has 0 atom stereocenters. The largest absolute Gasteiger partial charge is 0.482 e. The molecule has 1 saturated heterocycles. The zero-order valence-corrected chi connectivity index (χ0v) is 12.5. The van der Waals surface area contributed by atoms with Gasteiger partial charge in [-0.05, 0) is 18.0 Å². The van der Waals surface area contributed by atoms with Gasteiger partial charge in [0, 0.05) is 36.9 Å². The Labute approximate surface area is 126 Å². The molecule has 1 fully saturated rings. The Morgan fingerprint density at radius 2 is 1.90 bits per heavy atom. The van der Waals surface area contributed by atoms with Crippen molar-refractivity contribution in [2.24, 2.45) is 0 Å². The molecule has 0 aromatic heterocycles. The van der Waals surface area contributed by atoms with E-state index in [2.05, 4.69) is 60.4 Å². The summed E-state index contributed by atoms with van der Waals surface area (Å²) in [5.41, 5.74) is 1.11. The van der Waals surface area contributed by atoms with E-state index in [9.17, 15) is 0 Å². The maximum atomic E-state index is 6.55. The highest BCUT2D eigenvalue weighted by Crippen LogP contribution is 2.41. The molecule has 2 nitrogen and oxygen atoms in total. The second-order valence-electron chi connectivity index (χ2n) is 6.14. The van der Waals surface area contributed by atoms with Gasteiger partial charge in [-0.2, -0.15) is 0 Å². The van der Waals surface area contributed by atoms with E-state index in [1.54, 1.807) is 0 Å². The predicted octanol–water partition coefficient (Wildman–Crippen LogP) is 4.10. The summed E-state index contributed by atoms with van der Waals surface area (Å²) in [7, 11) is 0. The molecule has 21 heavy (non-hydrogen) atoms. The van der Waals surface area contributed by atoms with Crippen molar-refractivity contribution >= 4 is 16.8 Å². The molecule has 108 valence electrons. The number of hydrogen-bond acceptors (Lipinski definition) is 2. The second kappa shape index (κ2) is 4.88. The summed E-state index contributed by atoms with van der Waals surface area (Å²) in [4.78, 5) is 2.50. The first kappa shape index (κ1) is 12.9. The molecule has 2 heterocycles. The average Bonchev–Trinajstić information content (AvgIpc) is 2.55. The van der Waals surface area contributed by atoms with Crippen molar-refractivity contribution in [3.05, 3.63) is 48.0 Å². The van der Waals surface area contributed by atoms with Gasteiger partial charge in [-0.15, -0.1) is 0 Å². The lowest BCUT2D eigenvalue weighted by Gasteiger charge is -2.42. The van der Waals surface area contributed by atoms with Crippen LogP contribution in [0.3, 0.4) is 0 Å². The van der Waals surface area contributed by atoms with Crippen LogP contribution in [0.15, 0.2) is 42.5 Å². The molecule has 1 spiro atoms. The average molecular weight is 279 g/mol. The molecule has 0 amide bonds. The lowest BCUT2D eigenvalue weighted by atomic mass is 9.87. The number of nitrogens with zero attached hydrogens (tertiary/aromatic N) is 1. The summed E-state index contributed by atoms with van der Waals surface area (Å²) >= 11 is 0. The number of piperidine rings is 1. The van der Waals surface area contributed by atoms with Crippen molar-refractivity contribution in [3.63, 3.8) is 0 Å². The zero-order valence-electron chi connectivity index (χ0n) is 12.5. The Bertz CT molecular complexity index is 696. The molecule has 2 aromatic rings. The van der Waals surface area contributed by atoms with Gasteiger partial charge in [0.15, 0.2) is 0 Å². The van der Waals surface area contributed by atoms with E-state index in [1.165, 1.54) is 16.3 Å². The fourth-order valence-electron chi connectivity index (χ4n) is 3.50. The third-order valence-electron chi connectivity index (χ3n) is 4.93. The molecule has 2 aliphatic rings. The van der Waals surface area contributed by atoms with E-state index < -0.39 is 0 Å². The van der Waals surface area contributed by atoms with Crippen LogP contribution in [0.5, 0.6) is 5.75 Å². The van der Waals surface area contributed by atoms with Crippen LogP contribution in [0, 0.1) is 0 Å². The third kappa shape index (κ3) is 2.14. The number of fused-ring (bicyclic) bond motifs is 3. The fraction of sp³-hybridized carbons (Fsp3) is 0.368. The van der Waals surface area contributed by atoms with Crippen LogP contribution < -0.4 is 4.74 Å². The Morgan fingerprint density at radius 1 is 1.10 bits per heavy atom. The molecule has 2 aliphatic heterocycles. The predicted molar refractivity (Wildman–Crippen MR) is 87.7 cm³/mol. The number of ether oxygens (including phenoxy) is 1. The fourth-order valence-corrected chi connectivity index (χ4v) is 3.50. The van der Waals surface area contributed by atoms with Gasteiger partial charge >= 0.3 is 0 Å². The minimum Gasteiger partial charge on any atom is -0.482 e. The summed E-state index contributed by atoms with van der Waals surface area (Å²) in [5.74, 6) is 1.07. The van der Waals surface area contributed by atoms with Gasteiger partial charge in [-0.3, -0.25) is 0 Å². The van der Waals surface area contributed by atoms with Crippen LogP contribution in [0.25, 0.3) is 16.8 Å². The van der Waals surface area contributed by atoms with Crippen molar-refractivity contribution in [2.45, 2.75) is 25.4 Å². The Kier molecular flexibility index (Phi) is 3.00. The molecule has 4 rings (SSSR count). The van der Waals surface area contributed by atoms with E-state index in [0.717, 1.165) is 38.2 Å². The summed E-state index contributed by atoms with van der Waals surface area (Å²) in [6.45, 7) is 5.62. The smallest absolute Gasteiger partial charge is 0.135 e. The van der Waals surface area contributed by atoms with Crippen LogP contribution in [0.1, 0.15) is 25.3 Å². The lowest BCUT2D eigenvalue weighted by Crippen LogP contribution is -2.47. The lowest BCUT2D eigenvalue weighted by molar-refractivity contribution is 0.0419. The molecule has 0 N–H and O–H groups in total. The van der Waals surface area contributed by atoms with E-state index in [4.69, 9.17) is 4.74 Å². The van der Waals surface area contributed by atoms with Gasteiger partial charge in [-0.1, -0.05) is 49.4 Å². The molecule has 0 saturated carbocycles. The van der Waals surface area contributed by atoms with Crippen molar-refractivity contribution in [2.75, 3.05) is 19.6 Å². The summed E-state index contributed by atoms with van der Waals surface area (Å²) in [5, 5.41) is 2.49. The van der Waals surface area contributed by atoms with E-state index in [0.29, 0.717) is 0 Å². The minimum absolute atomic E-state index is 0.0944. The van der Waals surface area contributed by atoms with Crippen molar-refractivity contribution in [1.29, 1.82) is 0 Å². The van der Waals surface area contributed by atoms with Crippen molar-refractivity contribution < 1.29 is 4.74 Å². The van der Waals surface area contributed by atoms with Gasteiger partial charge in [0.05, 0.1) is 0 Å². The first-order valence-electron chi connectivity index (χ1n) is 7.92. The summed E-state index contributed by atoms with van der Waals surface area (Å²) in [6.07, 6.45) is 6.71. The van der Waals surface area contributed by atoms with Gasteiger partial charge < -0.3 is 9.64 Å². The molecular weight excluding hydrogens is 258 g/mol. The highest BCUT2D eigenvalue weighted by atomic mass is 16.5. The number of benzene rings is 2. The number of rotatable bonds is 1. The normalized spacial score (nSPS) is 20.4.